The third-order valence-electron chi connectivity index (χ3n) is 3.96. The zero-order chi connectivity index (χ0) is 16.7. The van der Waals surface area contributed by atoms with Gasteiger partial charge in [-0.2, -0.15) is 8.42 Å². The van der Waals surface area contributed by atoms with Crippen LogP contribution in [0.15, 0.2) is 12.1 Å². The van der Waals surface area contributed by atoms with E-state index in [2.05, 4.69) is 4.57 Å². The first-order chi connectivity index (χ1) is 10.2. The van der Waals surface area contributed by atoms with Gasteiger partial charge in [0.05, 0.1) is 28.4 Å². The summed E-state index contributed by atoms with van der Waals surface area (Å²) < 4.78 is 35.5. The minimum absolute atomic E-state index is 0.313. The van der Waals surface area contributed by atoms with Gasteiger partial charge in [-0.15, -0.1) is 0 Å². The standard InChI is InChI=1S/C14H18Cl2N2O3S/c1-4-17-10(3)18(6-5-9(2)22(19,20)21)14-8-12(16)11(15)7-13(14)17/h7-9H,4-6H2,1-3H3/p+1/t9-/m1/s1. The van der Waals surface area contributed by atoms with E-state index in [4.69, 9.17) is 27.8 Å². The number of imidazole rings is 1. The van der Waals surface area contributed by atoms with Crippen LogP contribution in [0.5, 0.6) is 0 Å². The van der Waals surface area contributed by atoms with Crippen LogP contribution >= 0.6 is 23.2 Å². The van der Waals surface area contributed by atoms with Crippen LogP contribution in [0.3, 0.4) is 0 Å². The van der Waals surface area contributed by atoms with Gasteiger partial charge in [-0.25, -0.2) is 9.13 Å². The van der Waals surface area contributed by atoms with Crippen molar-refractivity contribution in [2.75, 3.05) is 0 Å². The van der Waals surface area contributed by atoms with Gasteiger partial charge < -0.3 is 0 Å². The predicted octanol–water partition coefficient (Wildman–Crippen LogP) is 3.23. The lowest BCUT2D eigenvalue weighted by molar-refractivity contribution is -0.678. The molecule has 2 rings (SSSR count). The van der Waals surface area contributed by atoms with Crippen molar-refractivity contribution in [2.45, 2.75) is 45.5 Å². The Bertz CT molecular complexity index is 815. The first-order valence-corrected chi connectivity index (χ1v) is 9.26. The first-order valence-electron chi connectivity index (χ1n) is 7.00. The van der Waals surface area contributed by atoms with Crippen LogP contribution in [0.1, 0.15) is 26.1 Å². The van der Waals surface area contributed by atoms with Gasteiger partial charge >= 0.3 is 0 Å². The van der Waals surface area contributed by atoms with E-state index in [0.717, 1.165) is 23.4 Å². The Kier molecular flexibility index (Phi) is 5.06. The highest BCUT2D eigenvalue weighted by Gasteiger charge is 2.24. The molecule has 0 saturated carbocycles. The van der Waals surface area contributed by atoms with E-state index >= 15 is 0 Å². The summed E-state index contributed by atoms with van der Waals surface area (Å²) in [5.74, 6) is 0.985. The molecule has 0 amide bonds. The fraction of sp³-hybridized carbons (Fsp3) is 0.500. The number of hydrogen-bond acceptors (Lipinski definition) is 2. The maximum Gasteiger partial charge on any atom is 0.267 e. The van der Waals surface area contributed by atoms with Gasteiger partial charge in [0.15, 0.2) is 11.0 Å². The number of aryl methyl sites for hydroxylation is 2. The number of nitrogens with zero attached hydrogens (tertiary/aromatic N) is 2. The molecular formula is C14H19Cl2N2O3S+. The van der Waals surface area contributed by atoms with Crippen LogP contribution < -0.4 is 4.57 Å². The average Bonchev–Trinajstić information content (AvgIpc) is 2.67. The molecular weight excluding hydrogens is 347 g/mol. The van der Waals surface area contributed by atoms with Gasteiger partial charge in [0.25, 0.3) is 15.9 Å². The molecule has 0 saturated heterocycles. The highest BCUT2D eigenvalue weighted by Crippen LogP contribution is 2.27. The lowest BCUT2D eigenvalue weighted by Crippen LogP contribution is -2.38. The van der Waals surface area contributed by atoms with Crippen LogP contribution in [0, 0.1) is 6.92 Å². The molecule has 8 heteroatoms. The van der Waals surface area contributed by atoms with Crippen molar-refractivity contribution in [1.29, 1.82) is 0 Å². The lowest BCUT2D eigenvalue weighted by Gasteiger charge is -2.07. The molecule has 0 aliphatic heterocycles. The molecule has 1 N–H and O–H groups in total. The molecule has 0 radical (unpaired) electrons. The van der Waals surface area contributed by atoms with Gasteiger partial charge in [0, 0.05) is 25.5 Å². The quantitative estimate of drug-likeness (QED) is 0.653. The van der Waals surface area contributed by atoms with Crippen LogP contribution in [-0.2, 0) is 23.2 Å². The summed E-state index contributed by atoms with van der Waals surface area (Å²) >= 11 is 12.2. The molecule has 0 aliphatic rings. The molecule has 5 nitrogen and oxygen atoms in total. The lowest BCUT2D eigenvalue weighted by atomic mass is 10.3. The van der Waals surface area contributed by atoms with E-state index in [9.17, 15) is 8.42 Å². The van der Waals surface area contributed by atoms with Crippen molar-refractivity contribution >= 4 is 44.4 Å². The van der Waals surface area contributed by atoms with Crippen LogP contribution in [-0.4, -0.2) is 22.8 Å². The fourth-order valence-corrected chi connectivity index (χ4v) is 3.31. The Labute approximate surface area is 140 Å². The second-order valence-corrected chi connectivity index (χ2v) is 7.96. The Hall–Kier alpha value is -0.820. The molecule has 0 unspecified atom stereocenters. The van der Waals surface area contributed by atoms with E-state index < -0.39 is 15.4 Å². The predicted molar refractivity (Wildman–Crippen MR) is 88.2 cm³/mol. The minimum atomic E-state index is -4.02. The second kappa shape index (κ2) is 6.35. The third-order valence-corrected chi connectivity index (χ3v) is 5.94. The number of hydrogen-bond donors (Lipinski definition) is 1. The molecule has 0 bridgehead atoms. The molecule has 0 spiro atoms. The smallest absolute Gasteiger partial charge is 0.267 e. The van der Waals surface area contributed by atoms with Gasteiger partial charge in [-0.05, 0) is 13.8 Å². The summed E-state index contributed by atoms with van der Waals surface area (Å²) in [4.78, 5) is 0. The third kappa shape index (κ3) is 3.25. The number of benzene rings is 1. The van der Waals surface area contributed by atoms with Gasteiger partial charge in [-0.1, -0.05) is 23.2 Å². The zero-order valence-corrected chi connectivity index (χ0v) is 15.0. The SMILES string of the molecule is CCn1c(C)[n+](CC[C@@H](C)S(=O)(=O)O)c2cc(Cl)c(Cl)cc21. The van der Waals surface area contributed by atoms with Crippen LogP contribution in [0.2, 0.25) is 10.0 Å². The fourth-order valence-electron chi connectivity index (χ4n) is 2.59. The minimum Gasteiger partial charge on any atom is -0.285 e. The number of aromatic nitrogens is 2. The van der Waals surface area contributed by atoms with Gasteiger partial charge in [-0.3, -0.25) is 4.55 Å². The second-order valence-electron chi connectivity index (χ2n) is 5.31. The molecule has 1 aromatic heterocycles. The van der Waals surface area contributed by atoms with E-state index in [0.29, 0.717) is 23.0 Å². The van der Waals surface area contributed by atoms with E-state index in [1.54, 1.807) is 6.07 Å². The zero-order valence-electron chi connectivity index (χ0n) is 12.7. The molecule has 1 heterocycles. The summed E-state index contributed by atoms with van der Waals surface area (Å²) in [6.45, 7) is 6.72. The van der Waals surface area contributed by atoms with Crippen LogP contribution in [0.25, 0.3) is 11.0 Å². The summed E-state index contributed by atoms with van der Waals surface area (Å²) in [7, 11) is -4.02. The Morgan fingerprint density at radius 3 is 2.45 bits per heavy atom. The first kappa shape index (κ1) is 17.5. The maximum absolute atomic E-state index is 11.2. The normalized spacial score (nSPS) is 13.7. The Morgan fingerprint density at radius 1 is 1.32 bits per heavy atom. The van der Waals surface area contributed by atoms with Crippen molar-refractivity contribution in [3.05, 3.63) is 28.0 Å². The number of fused-ring (bicyclic) bond motifs is 1. The van der Waals surface area contributed by atoms with Crippen molar-refractivity contribution in [3.8, 4) is 0 Å². The molecule has 0 fully saturated rings. The number of rotatable bonds is 5. The molecule has 0 aliphatic carbocycles. The van der Waals surface area contributed by atoms with E-state index in [-0.39, 0.29) is 0 Å². The van der Waals surface area contributed by atoms with Gasteiger partial charge in [0.2, 0.25) is 0 Å². The number of halogens is 2. The van der Waals surface area contributed by atoms with Crippen molar-refractivity contribution in [1.82, 2.24) is 4.57 Å². The molecule has 1 aromatic carbocycles. The van der Waals surface area contributed by atoms with Crippen molar-refractivity contribution < 1.29 is 17.5 Å². The Balaban J connectivity index is 2.49. The largest absolute Gasteiger partial charge is 0.285 e. The molecule has 22 heavy (non-hydrogen) atoms. The van der Waals surface area contributed by atoms with Crippen LogP contribution in [0.4, 0.5) is 0 Å². The summed E-state index contributed by atoms with van der Waals surface area (Å²) in [5.41, 5.74) is 1.85. The van der Waals surface area contributed by atoms with Gasteiger partial charge in [0.1, 0.15) is 0 Å². The Morgan fingerprint density at radius 2 is 1.91 bits per heavy atom. The maximum atomic E-state index is 11.2. The summed E-state index contributed by atoms with van der Waals surface area (Å²) in [5, 5.41) is 0.126. The molecule has 122 valence electrons. The average molecular weight is 366 g/mol. The van der Waals surface area contributed by atoms with Crippen molar-refractivity contribution in [2.24, 2.45) is 0 Å². The molecule has 2 aromatic rings. The highest BCUT2D eigenvalue weighted by molar-refractivity contribution is 7.86. The topological polar surface area (TPSA) is 63.2 Å². The monoisotopic (exact) mass is 365 g/mol. The summed E-state index contributed by atoms with van der Waals surface area (Å²) in [6.07, 6.45) is 0.313. The van der Waals surface area contributed by atoms with E-state index in [1.165, 1.54) is 6.92 Å². The van der Waals surface area contributed by atoms with Crippen molar-refractivity contribution in [3.63, 3.8) is 0 Å². The van der Waals surface area contributed by atoms with E-state index in [1.807, 2.05) is 24.5 Å². The molecule has 1 atom stereocenters. The highest BCUT2D eigenvalue weighted by atomic mass is 35.5. The summed E-state index contributed by atoms with van der Waals surface area (Å²) in [6, 6.07) is 3.61.